The molecule has 2 N–H and O–H groups in total. The molecule has 0 bridgehead atoms. The van der Waals surface area contributed by atoms with Crippen LogP contribution in [0.15, 0.2) is 22.3 Å². The molecular formula is C10H14N6OS. The summed E-state index contributed by atoms with van der Waals surface area (Å²) in [4.78, 5) is 4.33. The van der Waals surface area contributed by atoms with E-state index in [1.807, 2.05) is 13.0 Å². The Bertz CT molecular complexity index is 529. The van der Waals surface area contributed by atoms with Crippen LogP contribution in [0.5, 0.6) is 5.88 Å². The third-order valence-electron chi connectivity index (χ3n) is 2.08. The van der Waals surface area contributed by atoms with E-state index in [1.54, 1.807) is 17.8 Å². The van der Waals surface area contributed by atoms with E-state index in [2.05, 4.69) is 20.5 Å². The molecule has 0 fully saturated rings. The molecule has 2 rings (SSSR count). The molecule has 0 aliphatic heterocycles. The van der Waals surface area contributed by atoms with Crippen LogP contribution in [0.1, 0.15) is 13.3 Å². The molecule has 7 nitrogen and oxygen atoms in total. The van der Waals surface area contributed by atoms with Gasteiger partial charge in [-0.05, 0) is 40.7 Å². The fraction of sp³-hybridized carbons (Fsp3) is 0.400. The third-order valence-corrected chi connectivity index (χ3v) is 3.05. The fourth-order valence-electron chi connectivity index (χ4n) is 1.21. The van der Waals surface area contributed by atoms with Gasteiger partial charge < -0.3 is 10.5 Å². The Morgan fingerprint density at radius 3 is 2.94 bits per heavy atom. The normalized spacial score (nSPS) is 10.6. The van der Waals surface area contributed by atoms with E-state index < -0.39 is 0 Å². The number of nitrogen functional groups attached to an aromatic ring is 1. The molecule has 8 heteroatoms. The number of nitrogens with zero attached hydrogens (tertiary/aromatic N) is 5. The molecule has 0 atom stereocenters. The zero-order valence-corrected chi connectivity index (χ0v) is 11.0. The molecule has 2 aromatic rings. The molecule has 18 heavy (non-hydrogen) atoms. The van der Waals surface area contributed by atoms with E-state index in [9.17, 15) is 0 Å². The van der Waals surface area contributed by atoms with Crippen LogP contribution in [0.3, 0.4) is 0 Å². The molecule has 0 aromatic carbocycles. The maximum Gasteiger partial charge on any atom is 0.238 e. The average Bonchev–Trinajstić information content (AvgIpc) is 2.76. The van der Waals surface area contributed by atoms with Gasteiger partial charge in [0.2, 0.25) is 11.0 Å². The second-order valence-electron chi connectivity index (χ2n) is 3.58. The molecule has 0 unspecified atom stereocenters. The van der Waals surface area contributed by atoms with Gasteiger partial charge >= 0.3 is 0 Å². The number of aryl methyl sites for hydroxylation is 1. The van der Waals surface area contributed by atoms with Crippen molar-refractivity contribution in [1.29, 1.82) is 0 Å². The second kappa shape index (κ2) is 5.67. The number of pyridine rings is 1. The van der Waals surface area contributed by atoms with Crippen molar-refractivity contribution in [1.82, 2.24) is 25.2 Å². The predicted molar refractivity (Wildman–Crippen MR) is 67.4 cm³/mol. The number of tetrazole rings is 1. The number of hydrogen-bond donors (Lipinski definition) is 1. The topological polar surface area (TPSA) is 91.7 Å². The number of ether oxygens (including phenoxy) is 1. The van der Waals surface area contributed by atoms with Crippen molar-refractivity contribution in [3.8, 4) is 5.88 Å². The first-order valence-corrected chi connectivity index (χ1v) is 6.32. The Labute approximate surface area is 109 Å². The molecule has 0 amide bonds. The highest BCUT2D eigenvalue weighted by molar-refractivity contribution is 7.99. The van der Waals surface area contributed by atoms with Crippen LogP contribution >= 0.6 is 11.8 Å². The van der Waals surface area contributed by atoms with Gasteiger partial charge in [-0.3, -0.25) is 0 Å². The first kappa shape index (κ1) is 12.6. The van der Waals surface area contributed by atoms with Gasteiger partial charge in [-0.25, -0.2) is 9.67 Å². The van der Waals surface area contributed by atoms with Crippen molar-refractivity contribution >= 4 is 17.4 Å². The lowest BCUT2D eigenvalue weighted by Crippen LogP contribution is -2.02. The van der Waals surface area contributed by atoms with Crippen molar-refractivity contribution in [3.05, 3.63) is 12.1 Å². The summed E-state index contributed by atoms with van der Waals surface area (Å²) in [5.74, 6) is 0.456. The van der Waals surface area contributed by atoms with Crippen molar-refractivity contribution in [2.45, 2.75) is 23.5 Å². The van der Waals surface area contributed by atoms with Gasteiger partial charge in [0.05, 0.1) is 12.3 Å². The number of aromatic nitrogens is 5. The van der Waals surface area contributed by atoms with E-state index in [1.165, 1.54) is 11.8 Å². The lowest BCUT2D eigenvalue weighted by molar-refractivity contribution is 0.305. The molecule has 2 heterocycles. The SMILES string of the molecule is CCCOc1nc(Sc2nnnn2C)ccc1N. The Morgan fingerprint density at radius 1 is 1.44 bits per heavy atom. The Morgan fingerprint density at radius 2 is 2.28 bits per heavy atom. The zero-order valence-electron chi connectivity index (χ0n) is 10.2. The zero-order chi connectivity index (χ0) is 13.0. The van der Waals surface area contributed by atoms with Crippen LogP contribution in [0.25, 0.3) is 0 Å². The molecule has 0 saturated carbocycles. The van der Waals surface area contributed by atoms with E-state index >= 15 is 0 Å². The highest BCUT2D eigenvalue weighted by atomic mass is 32.2. The van der Waals surface area contributed by atoms with Gasteiger partial charge in [-0.15, -0.1) is 5.10 Å². The monoisotopic (exact) mass is 266 g/mol. The van der Waals surface area contributed by atoms with E-state index in [0.29, 0.717) is 23.3 Å². The first-order valence-electron chi connectivity index (χ1n) is 5.50. The molecule has 0 aliphatic rings. The summed E-state index contributed by atoms with van der Waals surface area (Å²) in [6.45, 7) is 2.62. The molecule has 96 valence electrons. The van der Waals surface area contributed by atoms with E-state index in [0.717, 1.165) is 11.4 Å². The Kier molecular flexibility index (Phi) is 3.98. The van der Waals surface area contributed by atoms with Crippen molar-refractivity contribution in [3.63, 3.8) is 0 Å². The van der Waals surface area contributed by atoms with Gasteiger partial charge in [0, 0.05) is 7.05 Å². The maximum absolute atomic E-state index is 5.79. The summed E-state index contributed by atoms with van der Waals surface area (Å²) >= 11 is 1.36. The molecule has 0 radical (unpaired) electrons. The quantitative estimate of drug-likeness (QED) is 0.867. The summed E-state index contributed by atoms with van der Waals surface area (Å²) in [7, 11) is 1.77. The van der Waals surface area contributed by atoms with Crippen molar-refractivity contribution in [2.75, 3.05) is 12.3 Å². The van der Waals surface area contributed by atoms with Gasteiger partial charge in [0.25, 0.3) is 0 Å². The van der Waals surface area contributed by atoms with E-state index in [-0.39, 0.29) is 0 Å². The molecule has 0 aliphatic carbocycles. The second-order valence-corrected chi connectivity index (χ2v) is 4.57. The van der Waals surface area contributed by atoms with Crippen LogP contribution in [-0.2, 0) is 7.05 Å². The molecule has 0 spiro atoms. The minimum Gasteiger partial charge on any atom is -0.476 e. The third kappa shape index (κ3) is 2.89. The maximum atomic E-state index is 5.79. The average molecular weight is 266 g/mol. The summed E-state index contributed by atoms with van der Waals surface area (Å²) < 4.78 is 7.05. The first-order chi connectivity index (χ1) is 8.70. The van der Waals surface area contributed by atoms with Crippen molar-refractivity contribution in [2.24, 2.45) is 7.05 Å². The smallest absolute Gasteiger partial charge is 0.238 e. The minimum absolute atomic E-state index is 0.456. The molecule has 2 aromatic heterocycles. The van der Waals surface area contributed by atoms with Gasteiger partial charge in [0.15, 0.2) is 0 Å². The largest absolute Gasteiger partial charge is 0.476 e. The van der Waals surface area contributed by atoms with Crippen LogP contribution in [0.4, 0.5) is 5.69 Å². The van der Waals surface area contributed by atoms with Gasteiger partial charge in [-0.1, -0.05) is 6.92 Å². The Balaban J connectivity index is 2.16. The Hall–Kier alpha value is -1.83. The standard InChI is InChI=1S/C10H14N6OS/c1-3-6-17-9-7(11)4-5-8(12-9)18-10-13-14-15-16(10)2/h4-5H,3,6,11H2,1-2H3. The summed E-state index contributed by atoms with van der Waals surface area (Å²) in [5, 5.41) is 12.6. The van der Waals surface area contributed by atoms with Crippen LogP contribution in [0, 0.1) is 0 Å². The van der Waals surface area contributed by atoms with Crippen LogP contribution < -0.4 is 10.5 Å². The number of rotatable bonds is 5. The molecular weight excluding hydrogens is 252 g/mol. The van der Waals surface area contributed by atoms with E-state index in [4.69, 9.17) is 10.5 Å². The highest BCUT2D eigenvalue weighted by Gasteiger charge is 2.09. The molecule has 0 saturated heterocycles. The highest BCUT2D eigenvalue weighted by Crippen LogP contribution is 2.27. The predicted octanol–water partition coefficient (Wildman–Crippen LogP) is 1.13. The van der Waals surface area contributed by atoms with Crippen molar-refractivity contribution < 1.29 is 4.74 Å². The lowest BCUT2D eigenvalue weighted by atomic mass is 10.4. The summed E-state index contributed by atoms with van der Waals surface area (Å²) in [6.07, 6.45) is 0.908. The number of nitrogens with two attached hydrogens (primary N) is 1. The number of hydrogen-bond acceptors (Lipinski definition) is 7. The van der Waals surface area contributed by atoms with Gasteiger partial charge in [-0.2, -0.15) is 0 Å². The summed E-state index contributed by atoms with van der Waals surface area (Å²) in [5.41, 5.74) is 6.32. The number of anilines is 1. The van der Waals surface area contributed by atoms with Gasteiger partial charge in [0.1, 0.15) is 5.03 Å². The van der Waals surface area contributed by atoms with Crippen LogP contribution in [-0.4, -0.2) is 31.8 Å². The van der Waals surface area contributed by atoms with Crippen LogP contribution in [0.2, 0.25) is 0 Å². The fourth-order valence-corrected chi connectivity index (χ4v) is 1.90. The minimum atomic E-state index is 0.456. The lowest BCUT2D eigenvalue weighted by Gasteiger charge is -2.07. The summed E-state index contributed by atoms with van der Waals surface area (Å²) in [6, 6.07) is 3.58.